The number of ether oxygens (including phenoxy) is 2. The fourth-order valence-corrected chi connectivity index (χ4v) is 2.60. The van der Waals surface area contributed by atoms with E-state index in [0.29, 0.717) is 5.75 Å². The molecule has 22 heavy (non-hydrogen) atoms. The lowest BCUT2D eigenvalue weighted by Gasteiger charge is -2.39. The van der Waals surface area contributed by atoms with Crippen molar-refractivity contribution in [1.82, 2.24) is 4.98 Å². The van der Waals surface area contributed by atoms with Crippen LogP contribution < -0.4 is 4.74 Å². The number of nitrogens with one attached hydrogen (secondary N) is 1. The van der Waals surface area contributed by atoms with Gasteiger partial charge in [-0.3, -0.25) is 0 Å². The quantitative estimate of drug-likeness (QED) is 0.530. The van der Waals surface area contributed by atoms with Crippen LogP contribution in [0, 0.1) is 6.92 Å². The molecular weight excluding hydrogens is 290 g/mol. The van der Waals surface area contributed by atoms with E-state index in [0.717, 1.165) is 16.5 Å². The summed E-state index contributed by atoms with van der Waals surface area (Å²) >= 11 is 0. The summed E-state index contributed by atoms with van der Waals surface area (Å²) in [5, 5.41) is 39.5. The highest BCUT2D eigenvalue weighted by atomic mass is 16.7. The van der Waals surface area contributed by atoms with Gasteiger partial charge in [0.25, 0.3) is 0 Å². The Morgan fingerprint density at radius 2 is 1.95 bits per heavy atom. The highest BCUT2D eigenvalue weighted by Crippen LogP contribution is 2.30. The minimum absolute atomic E-state index is 0.458. The topological polar surface area (TPSA) is 115 Å². The molecule has 7 heteroatoms. The first-order valence-corrected chi connectivity index (χ1v) is 7.06. The van der Waals surface area contributed by atoms with Gasteiger partial charge in [0.05, 0.1) is 6.61 Å². The van der Waals surface area contributed by atoms with Crippen LogP contribution in [0.5, 0.6) is 5.75 Å². The van der Waals surface area contributed by atoms with Crippen LogP contribution in [0.15, 0.2) is 24.4 Å². The Kier molecular flexibility index (Phi) is 4.07. The van der Waals surface area contributed by atoms with E-state index < -0.39 is 37.3 Å². The second-order valence-corrected chi connectivity index (χ2v) is 5.52. The summed E-state index contributed by atoms with van der Waals surface area (Å²) in [5.41, 5.74) is 1.97. The van der Waals surface area contributed by atoms with Gasteiger partial charge in [0.15, 0.2) is 0 Å². The lowest BCUT2D eigenvalue weighted by Crippen LogP contribution is -2.60. The number of hydrogen-bond donors (Lipinski definition) is 5. The molecule has 0 spiro atoms. The Bertz CT molecular complexity index is 655. The van der Waals surface area contributed by atoms with Gasteiger partial charge in [0.2, 0.25) is 6.29 Å². The Hall–Kier alpha value is -1.64. The second kappa shape index (κ2) is 5.86. The summed E-state index contributed by atoms with van der Waals surface area (Å²) < 4.78 is 11.0. The predicted octanol–water partition coefficient (Wildman–Crippen LogP) is -0.345. The zero-order chi connectivity index (χ0) is 15.9. The number of aromatic nitrogens is 1. The number of aryl methyl sites for hydroxylation is 1. The molecule has 0 radical (unpaired) electrons. The van der Waals surface area contributed by atoms with Crippen LogP contribution in [0.25, 0.3) is 10.9 Å². The largest absolute Gasteiger partial charge is 0.460 e. The average molecular weight is 309 g/mol. The first-order chi connectivity index (χ1) is 10.5. The first-order valence-electron chi connectivity index (χ1n) is 7.06. The molecule has 2 aromatic rings. The van der Waals surface area contributed by atoms with Crippen LogP contribution in [0.3, 0.4) is 0 Å². The summed E-state index contributed by atoms with van der Waals surface area (Å²) in [4.78, 5) is 3.06. The van der Waals surface area contributed by atoms with E-state index in [-0.39, 0.29) is 0 Å². The number of aromatic amines is 1. The molecule has 3 rings (SSSR count). The third kappa shape index (κ3) is 2.57. The van der Waals surface area contributed by atoms with E-state index >= 15 is 0 Å². The van der Waals surface area contributed by atoms with Gasteiger partial charge >= 0.3 is 0 Å². The molecule has 0 bridgehead atoms. The normalized spacial score (nSPS) is 32.3. The van der Waals surface area contributed by atoms with Crippen LogP contribution in [-0.2, 0) is 4.74 Å². The van der Waals surface area contributed by atoms with Crippen molar-refractivity contribution >= 4 is 10.9 Å². The SMILES string of the molecule is Cc1ccc2c(O[C@@H]3OC(CO)[C@@H](O)[C@H](O)C3O)c[nH]c2c1. The van der Waals surface area contributed by atoms with Crippen LogP contribution in [0.4, 0.5) is 0 Å². The van der Waals surface area contributed by atoms with Crippen molar-refractivity contribution in [2.45, 2.75) is 37.6 Å². The molecule has 1 aliphatic rings. The summed E-state index contributed by atoms with van der Waals surface area (Å²) in [7, 11) is 0. The molecule has 5 atom stereocenters. The van der Waals surface area contributed by atoms with Crippen molar-refractivity contribution in [3.8, 4) is 5.75 Å². The number of hydrogen-bond acceptors (Lipinski definition) is 6. The van der Waals surface area contributed by atoms with Crippen molar-refractivity contribution in [1.29, 1.82) is 0 Å². The molecule has 5 N–H and O–H groups in total. The summed E-state index contributed by atoms with van der Waals surface area (Å²) in [6.07, 6.45) is -4.82. The van der Waals surface area contributed by atoms with Crippen molar-refractivity contribution in [3.63, 3.8) is 0 Å². The van der Waals surface area contributed by atoms with E-state index in [4.69, 9.17) is 9.47 Å². The Morgan fingerprint density at radius 3 is 2.68 bits per heavy atom. The number of rotatable bonds is 3. The summed E-state index contributed by atoms with van der Waals surface area (Å²) in [6.45, 7) is 1.48. The van der Waals surface area contributed by atoms with Crippen LogP contribution in [0.2, 0.25) is 0 Å². The van der Waals surface area contributed by atoms with E-state index in [1.807, 2.05) is 25.1 Å². The van der Waals surface area contributed by atoms with Crippen LogP contribution in [-0.4, -0.2) is 62.7 Å². The molecule has 1 aromatic carbocycles. The molecule has 2 unspecified atom stereocenters. The maximum atomic E-state index is 9.98. The van der Waals surface area contributed by atoms with Gasteiger partial charge in [-0.2, -0.15) is 0 Å². The molecule has 1 saturated heterocycles. The summed E-state index contributed by atoms with van der Waals surface area (Å²) in [6, 6.07) is 5.76. The van der Waals surface area contributed by atoms with E-state index in [1.54, 1.807) is 6.20 Å². The van der Waals surface area contributed by atoms with Gasteiger partial charge in [-0.15, -0.1) is 0 Å². The molecule has 120 valence electrons. The fourth-order valence-electron chi connectivity index (χ4n) is 2.60. The highest BCUT2D eigenvalue weighted by molar-refractivity contribution is 5.86. The van der Waals surface area contributed by atoms with Crippen LogP contribution in [0.1, 0.15) is 5.56 Å². The lowest BCUT2D eigenvalue weighted by molar-refractivity contribution is -0.277. The number of benzene rings is 1. The minimum atomic E-state index is -1.46. The molecule has 0 amide bonds. The molecule has 1 fully saturated rings. The number of aliphatic hydroxyl groups excluding tert-OH is 4. The first kappa shape index (κ1) is 15.3. The van der Waals surface area contributed by atoms with Crippen molar-refractivity contribution in [3.05, 3.63) is 30.0 Å². The number of aliphatic hydroxyl groups is 4. The highest BCUT2D eigenvalue weighted by Gasteiger charge is 2.44. The van der Waals surface area contributed by atoms with Gasteiger partial charge in [-0.1, -0.05) is 6.07 Å². The number of H-pyrrole nitrogens is 1. The molecule has 1 aromatic heterocycles. The van der Waals surface area contributed by atoms with Gasteiger partial charge in [-0.05, 0) is 24.6 Å². The minimum Gasteiger partial charge on any atom is -0.460 e. The lowest BCUT2D eigenvalue weighted by atomic mass is 9.99. The molecular formula is C15H19NO6. The molecule has 0 saturated carbocycles. The molecule has 0 aliphatic carbocycles. The molecule has 7 nitrogen and oxygen atoms in total. The Balaban J connectivity index is 1.84. The average Bonchev–Trinajstić information content (AvgIpc) is 2.90. The van der Waals surface area contributed by atoms with Gasteiger partial charge < -0.3 is 34.9 Å². The van der Waals surface area contributed by atoms with E-state index in [1.165, 1.54) is 0 Å². The monoisotopic (exact) mass is 309 g/mol. The van der Waals surface area contributed by atoms with Crippen molar-refractivity contribution < 1.29 is 29.9 Å². The maximum Gasteiger partial charge on any atom is 0.229 e. The van der Waals surface area contributed by atoms with Gasteiger partial charge in [0, 0.05) is 17.1 Å². The standard InChI is InChI=1S/C15H19NO6/c1-7-2-3-8-9(4-7)16-5-10(8)21-15-14(20)13(19)12(18)11(6-17)22-15/h2-5,11-20H,6H2,1H3/t11?,12-,13+,14?,15-/m1/s1. The van der Waals surface area contributed by atoms with Gasteiger partial charge in [0.1, 0.15) is 30.2 Å². The van der Waals surface area contributed by atoms with Crippen molar-refractivity contribution in [2.75, 3.05) is 6.61 Å². The second-order valence-electron chi connectivity index (χ2n) is 5.52. The zero-order valence-electron chi connectivity index (χ0n) is 12.0. The maximum absolute atomic E-state index is 9.98. The van der Waals surface area contributed by atoms with E-state index in [2.05, 4.69) is 4.98 Å². The van der Waals surface area contributed by atoms with Crippen LogP contribution >= 0.6 is 0 Å². The number of fused-ring (bicyclic) bond motifs is 1. The predicted molar refractivity (Wildman–Crippen MR) is 77.4 cm³/mol. The smallest absolute Gasteiger partial charge is 0.229 e. The summed E-state index contributed by atoms with van der Waals surface area (Å²) in [5.74, 6) is 0.458. The van der Waals surface area contributed by atoms with Gasteiger partial charge in [-0.25, -0.2) is 0 Å². The zero-order valence-corrected chi connectivity index (χ0v) is 12.0. The fraction of sp³-hybridized carbons (Fsp3) is 0.467. The third-order valence-corrected chi connectivity index (χ3v) is 3.89. The Morgan fingerprint density at radius 1 is 1.18 bits per heavy atom. The van der Waals surface area contributed by atoms with E-state index in [9.17, 15) is 20.4 Å². The Labute approximate surface area is 126 Å². The molecule has 2 heterocycles. The van der Waals surface area contributed by atoms with Crippen molar-refractivity contribution in [2.24, 2.45) is 0 Å². The molecule has 1 aliphatic heterocycles. The third-order valence-electron chi connectivity index (χ3n) is 3.89.